The van der Waals surface area contributed by atoms with Gasteiger partial charge in [0.1, 0.15) is 0 Å². The van der Waals surface area contributed by atoms with E-state index in [1.165, 1.54) is 25.7 Å². The van der Waals surface area contributed by atoms with Gasteiger partial charge in [-0.3, -0.25) is 4.98 Å². The van der Waals surface area contributed by atoms with Gasteiger partial charge < -0.3 is 5.32 Å². The Kier molecular flexibility index (Phi) is 4.11. The van der Waals surface area contributed by atoms with Gasteiger partial charge in [0.15, 0.2) is 0 Å². The highest BCUT2D eigenvalue weighted by molar-refractivity contribution is 6.35. The predicted octanol–water partition coefficient (Wildman–Crippen LogP) is 5.13. The van der Waals surface area contributed by atoms with Crippen LogP contribution in [0.1, 0.15) is 32.6 Å². The summed E-state index contributed by atoms with van der Waals surface area (Å²) in [5.74, 6) is 1.71. The maximum atomic E-state index is 6.20. The third kappa shape index (κ3) is 2.90. The minimum Gasteiger partial charge on any atom is -0.384 e. The van der Waals surface area contributed by atoms with E-state index in [-0.39, 0.29) is 0 Å². The van der Waals surface area contributed by atoms with E-state index in [0.717, 1.165) is 40.0 Å². The second-order valence-electron chi connectivity index (χ2n) is 6.00. The molecular weight excluding hydrogens is 268 g/mol. The van der Waals surface area contributed by atoms with Gasteiger partial charge in [0.25, 0.3) is 0 Å². The molecule has 0 radical (unpaired) electrons. The summed E-state index contributed by atoms with van der Waals surface area (Å²) < 4.78 is 0. The number of halogens is 1. The summed E-state index contributed by atoms with van der Waals surface area (Å²) in [4.78, 5) is 4.37. The van der Waals surface area contributed by atoms with Crippen molar-refractivity contribution in [1.29, 1.82) is 0 Å². The number of fused-ring (bicyclic) bond motifs is 1. The molecule has 0 spiro atoms. The van der Waals surface area contributed by atoms with Gasteiger partial charge in [-0.25, -0.2) is 0 Å². The highest BCUT2D eigenvalue weighted by atomic mass is 35.5. The molecule has 2 aromatic rings. The van der Waals surface area contributed by atoms with Gasteiger partial charge >= 0.3 is 0 Å². The number of pyridine rings is 1. The lowest BCUT2D eigenvalue weighted by Crippen LogP contribution is -2.20. The van der Waals surface area contributed by atoms with Crippen LogP contribution in [-0.2, 0) is 0 Å². The molecule has 1 N–H and O–H groups in total. The van der Waals surface area contributed by atoms with Gasteiger partial charge in [0, 0.05) is 23.8 Å². The largest absolute Gasteiger partial charge is 0.384 e. The second-order valence-corrected chi connectivity index (χ2v) is 6.41. The Morgan fingerprint density at radius 2 is 2.00 bits per heavy atom. The van der Waals surface area contributed by atoms with Crippen LogP contribution >= 0.6 is 11.6 Å². The summed E-state index contributed by atoms with van der Waals surface area (Å²) in [5, 5.41) is 5.44. The molecule has 1 aromatic heterocycles. The first kappa shape index (κ1) is 13.7. The van der Waals surface area contributed by atoms with Crippen LogP contribution in [0.15, 0.2) is 30.5 Å². The van der Waals surface area contributed by atoms with E-state index >= 15 is 0 Å². The van der Waals surface area contributed by atoms with Crippen molar-refractivity contribution in [3.8, 4) is 0 Å². The van der Waals surface area contributed by atoms with E-state index in [0.29, 0.717) is 0 Å². The zero-order valence-electron chi connectivity index (χ0n) is 11.9. The van der Waals surface area contributed by atoms with Gasteiger partial charge in [-0.2, -0.15) is 0 Å². The second kappa shape index (κ2) is 6.01. The average molecular weight is 289 g/mol. The van der Waals surface area contributed by atoms with E-state index in [2.05, 4.69) is 29.4 Å². The van der Waals surface area contributed by atoms with Gasteiger partial charge in [-0.15, -0.1) is 0 Å². The molecule has 3 rings (SSSR count). The molecule has 1 fully saturated rings. The minimum absolute atomic E-state index is 0.720. The van der Waals surface area contributed by atoms with E-state index in [9.17, 15) is 0 Å². The highest BCUT2D eigenvalue weighted by Crippen LogP contribution is 2.31. The Hall–Kier alpha value is -1.28. The normalized spacial score (nSPS) is 22.9. The van der Waals surface area contributed by atoms with Crippen LogP contribution < -0.4 is 5.32 Å². The van der Waals surface area contributed by atoms with Crippen LogP contribution in [0.5, 0.6) is 0 Å². The number of nitrogens with one attached hydrogen (secondary N) is 1. The van der Waals surface area contributed by atoms with E-state index in [1.54, 1.807) is 6.20 Å². The highest BCUT2D eigenvalue weighted by Gasteiger charge is 2.18. The molecular formula is C17H21ClN2. The SMILES string of the molecule is CC1CCC(CNc2ccc(Cl)c3ncccc23)CC1. The molecule has 106 valence electrons. The van der Waals surface area contributed by atoms with Crippen molar-refractivity contribution in [1.82, 2.24) is 4.98 Å². The first-order chi connectivity index (χ1) is 9.74. The quantitative estimate of drug-likeness (QED) is 0.847. The summed E-state index contributed by atoms with van der Waals surface area (Å²) in [7, 11) is 0. The first-order valence-corrected chi connectivity index (χ1v) is 7.89. The van der Waals surface area contributed by atoms with Crippen LogP contribution in [0.4, 0.5) is 5.69 Å². The lowest BCUT2D eigenvalue weighted by molar-refractivity contribution is 0.300. The van der Waals surface area contributed by atoms with Crippen LogP contribution in [0.25, 0.3) is 10.9 Å². The lowest BCUT2D eigenvalue weighted by Gasteiger charge is -2.26. The Morgan fingerprint density at radius 1 is 1.20 bits per heavy atom. The summed E-state index contributed by atoms with van der Waals surface area (Å²) >= 11 is 6.20. The third-order valence-electron chi connectivity index (χ3n) is 4.44. The van der Waals surface area contributed by atoms with Crippen LogP contribution in [-0.4, -0.2) is 11.5 Å². The number of anilines is 1. The molecule has 1 aliphatic carbocycles. The number of hydrogen-bond acceptors (Lipinski definition) is 2. The molecule has 0 saturated heterocycles. The van der Waals surface area contributed by atoms with Crippen molar-refractivity contribution in [3.05, 3.63) is 35.5 Å². The van der Waals surface area contributed by atoms with Crippen molar-refractivity contribution in [3.63, 3.8) is 0 Å². The molecule has 0 bridgehead atoms. The zero-order chi connectivity index (χ0) is 13.9. The standard InChI is InChI=1S/C17H21ClN2/c1-12-4-6-13(7-5-12)11-20-16-9-8-15(18)17-14(16)3-2-10-19-17/h2-3,8-10,12-13,20H,4-7,11H2,1H3. The first-order valence-electron chi connectivity index (χ1n) is 7.51. The molecule has 2 nitrogen and oxygen atoms in total. The molecule has 0 atom stereocenters. The number of nitrogens with zero attached hydrogens (tertiary/aromatic N) is 1. The molecule has 0 aliphatic heterocycles. The smallest absolute Gasteiger partial charge is 0.0908 e. The fourth-order valence-corrected chi connectivity index (χ4v) is 3.29. The predicted molar refractivity (Wildman–Crippen MR) is 86.4 cm³/mol. The summed E-state index contributed by atoms with van der Waals surface area (Å²) in [6.45, 7) is 3.42. The topological polar surface area (TPSA) is 24.9 Å². The summed E-state index contributed by atoms with van der Waals surface area (Å²) in [6.07, 6.45) is 7.22. The number of rotatable bonds is 3. The minimum atomic E-state index is 0.720. The zero-order valence-corrected chi connectivity index (χ0v) is 12.7. The third-order valence-corrected chi connectivity index (χ3v) is 4.74. The van der Waals surface area contributed by atoms with E-state index < -0.39 is 0 Å². The number of hydrogen-bond donors (Lipinski definition) is 1. The van der Waals surface area contributed by atoms with Gasteiger partial charge in [0.05, 0.1) is 10.5 Å². The molecule has 1 heterocycles. The van der Waals surface area contributed by atoms with Gasteiger partial charge in [-0.05, 0) is 48.9 Å². The Labute approximate surface area is 125 Å². The number of benzene rings is 1. The fraction of sp³-hybridized carbons (Fsp3) is 0.471. The maximum absolute atomic E-state index is 6.20. The average Bonchev–Trinajstić information content (AvgIpc) is 2.49. The van der Waals surface area contributed by atoms with Crippen molar-refractivity contribution < 1.29 is 0 Å². The molecule has 20 heavy (non-hydrogen) atoms. The summed E-state index contributed by atoms with van der Waals surface area (Å²) in [6, 6.07) is 8.05. The lowest BCUT2D eigenvalue weighted by atomic mass is 9.83. The molecule has 1 saturated carbocycles. The fourth-order valence-electron chi connectivity index (χ4n) is 3.08. The van der Waals surface area contributed by atoms with Crippen molar-refractivity contribution in [2.75, 3.05) is 11.9 Å². The maximum Gasteiger partial charge on any atom is 0.0908 e. The van der Waals surface area contributed by atoms with Gasteiger partial charge in [-0.1, -0.05) is 31.4 Å². The molecule has 1 aromatic carbocycles. The van der Waals surface area contributed by atoms with Crippen LogP contribution in [0.3, 0.4) is 0 Å². The van der Waals surface area contributed by atoms with E-state index in [4.69, 9.17) is 11.6 Å². The van der Waals surface area contributed by atoms with Crippen LogP contribution in [0, 0.1) is 11.8 Å². The van der Waals surface area contributed by atoms with Crippen molar-refractivity contribution in [2.45, 2.75) is 32.6 Å². The summed E-state index contributed by atoms with van der Waals surface area (Å²) in [5.41, 5.74) is 2.03. The molecule has 0 unspecified atom stereocenters. The van der Waals surface area contributed by atoms with E-state index in [1.807, 2.05) is 12.1 Å². The monoisotopic (exact) mass is 288 g/mol. The molecule has 0 amide bonds. The Morgan fingerprint density at radius 3 is 2.80 bits per heavy atom. The Bertz CT molecular complexity index is 589. The van der Waals surface area contributed by atoms with Crippen LogP contribution in [0.2, 0.25) is 5.02 Å². The molecule has 3 heteroatoms. The van der Waals surface area contributed by atoms with Gasteiger partial charge in [0.2, 0.25) is 0 Å². The number of aromatic nitrogens is 1. The molecule has 1 aliphatic rings. The van der Waals surface area contributed by atoms with Crippen molar-refractivity contribution >= 4 is 28.2 Å². The van der Waals surface area contributed by atoms with Crippen molar-refractivity contribution in [2.24, 2.45) is 11.8 Å². The Balaban J connectivity index is 1.73.